The van der Waals surface area contributed by atoms with Gasteiger partial charge in [0.2, 0.25) is 5.91 Å². The van der Waals surface area contributed by atoms with E-state index in [-0.39, 0.29) is 17.5 Å². The fraction of sp³-hybridized carbons (Fsp3) is 0.609. The summed E-state index contributed by atoms with van der Waals surface area (Å²) in [5.74, 6) is 1.16. The predicted octanol–water partition coefficient (Wildman–Crippen LogP) is 2.90. The normalized spacial score (nSPS) is 16.6. The summed E-state index contributed by atoms with van der Waals surface area (Å²) in [6.07, 6.45) is 0.818. The number of hydrogen-bond donors (Lipinski definition) is 0. The van der Waals surface area contributed by atoms with Crippen molar-refractivity contribution in [3.05, 3.63) is 40.4 Å². The number of alkyl halides is 1. The highest BCUT2D eigenvalue weighted by atomic mass is 35.5. The SMILES string of the molecule is CCC(c1nc2ccccc2c(=O)n1CCOC)N1CCN(C(=O)C(C)(C)CCl)CC1. The van der Waals surface area contributed by atoms with E-state index in [0.717, 1.165) is 25.3 Å². The van der Waals surface area contributed by atoms with Gasteiger partial charge in [0, 0.05) is 39.2 Å². The van der Waals surface area contributed by atoms with Crippen LogP contribution in [0.25, 0.3) is 10.9 Å². The minimum atomic E-state index is -0.561. The van der Waals surface area contributed by atoms with Gasteiger partial charge in [-0.2, -0.15) is 0 Å². The summed E-state index contributed by atoms with van der Waals surface area (Å²) in [6, 6.07) is 7.47. The van der Waals surface area contributed by atoms with Gasteiger partial charge in [-0.15, -0.1) is 11.6 Å². The van der Waals surface area contributed by atoms with Crippen molar-refractivity contribution in [2.75, 3.05) is 45.8 Å². The molecule has 1 atom stereocenters. The molecule has 1 aliphatic heterocycles. The zero-order valence-electron chi connectivity index (χ0n) is 18.9. The molecule has 1 amide bonds. The van der Waals surface area contributed by atoms with Gasteiger partial charge in [-0.05, 0) is 32.4 Å². The maximum atomic E-state index is 13.2. The number of fused-ring (bicyclic) bond motifs is 1. The molecule has 7 nitrogen and oxygen atoms in total. The Bertz CT molecular complexity index is 967. The Labute approximate surface area is 188 Å². The number of hydrogen-bond acceptors (Lipinski definition) is 5. The van der Waals surface area contributed by atoms with E-state index < -0.39 is 5.41 Å². The zero-order chi connectivity index (χ0) is 22.6. The summed E-state index contributed by atoms with van der Waals surface area (Å²) < 4.78 is 7.01. The Balaban J connectivity index is 1.89. The molecule has 8 heteroatoms. The van der Waals surface area contributed by atoms with Crippen LogP contribution in [0.1, 0.15) is 39.1 Å². The standard InChI is InChI=1S/C23H33ClN4O3/c1-5-19(26-10-12-27(13-11-26)22(30)23(2,3)16-24)20-25-18-9-7-6-8-17(18)21(29)28(20)14-15-31-4/h6-9,19H,5,10-16H2,1-4H3. The molecule has 1 unspecified atom stereocenters. The summed E-state index contributed by atoms with van der Waals surface area (Å²) >= 11 is 6.00. The number of amides is 1. The van der Waals surface area contributed by atoms with Gasteiger partial charge in [-0.1, -0.05) is 19.1 Å². The molecular weight excluding hydrogens is 416 g/mol. The smallest absolute Gasteiger partial charge is 0.261 e. The lowest BCUT2D eigenvalue weighted by atomic mass is 9.94. The number of piperazine rings is 1. The second kappa shape index (κ2) is 10.1. The van der Waals surface area contributed by atoms with Gasteiger partial charge in [-0.25, -0.2) is 4.98 Å². The molecule has 0 spiro atoms. The van der Waals surface area contributed by atoms with Crippen LogP contribution in [0, 0.1) is 5.41 Å². The van der Waals surface area contributed by atoms with E-state index in [1.807, 2.05) is 43.0 Å². The lowest BCUT2D eigenvalue weighted by Crippen LogP contribution is -2.53. The van der Waals surface area contributed by atoms with Gasteiger partial charge in [-0.3, -0.25) is 19.1 Å². The minimum absolute atomic E-state index is 0.00699. The van der Waals surface area contributed by atoms with Crippen LogP contribution in [0.15, 0.2) is 29.1 Å². The Morgan fingerprint density at radius 2 is 1.90 bits per heavy atom. The predicted molar refractivity (Wildman–Crippen MR) is 124 cm³/mol. The van der Waals surface area contributed by atoms with Crippen LogP contribution < -0.4 is 5.56 Å². The minimum Gasteiger partial charge on any atom is -0.383 e. The van der Waals surface area contributed by atoms with Crippen LogP contribution in [0.4, 0.5) is 0 Å². The monoisotopic (exact) mass is 448 g/mol. The summed E-state index contributed by atoms with van der Waals surface area (Å²) in [6.45, 7) is 9.54. The molecule has 31 heavy (non-hydrogen) atoms. The van der Waals surface area contributed by atoms with Crippen LogP contribution in [-0.4, -0.2) is 71.0 Å². The number of benzene rings is 1. The summed E-state index contributed by atoms with van der Waals surface area (Å²) in [7, 11) is 1.63. The Kier molecular flexibility index (Phi) is 7.73. The van der Waals surface area contributed by atoms with Gasteiger partial charge in [0.05, 0.1) is 35.5 Å². The number of nitrogens with zero attached hydrogens (tertiary/aromatic N) is 4. The van der Waals surface area contributed by atoms with Crippen molar-refractivity contribution in [1.82, 2.24) is 19.4 Å². The Morgan fingerprint density at radius 3 is 2.52 bits per heavy atom. The van der Waals surface area contributed by atoms with Crippen LogP contribution in [-0.2, 0) is 16.1 Å². The summed E-state index contributed by atoms with van der Waals surface area (Å²) in [5.41, 5.74) is 0.120. The van der Waals surface area contributed by atoms with Crippen molar-refractivity contribution in [3.63, 3.8) is 0 Å². The number of rotatable bonds is 8. The van der Waals surface area contributed by atoms with Crippen molar-refractivity contribution in [1.29, 1.82) is 0 Å². The van der Waals surface area contributed by atoms with E-state index in [1.54, 1.807) is 11.7 Å². The molecule has 1 aromatic heterocycles. The van der Waals surface area contributed by atoms with Crippen molar-refractivity contribution >= 4 is 28.4 Å². The highest BCUT2D eigenvalue weighted by Crippen LogP contribution is 2.27. The molecule has 3 rings (SSSR count). The van der Waals surface area contributed by atoms with Crippen LogP contribution >= 0.6 is 11.6 Å². The first-order valence-corrected chi connectivity index (χ1v) is 11.4. The molecule has 2 heterocycles. The number of halogens is 1. The number of carbonyl (C=O) groups excluding carboxylic acids is 1. The van der Waals surface area contributed by atoms with Crippen molar-refractivity contribution in [2.45, 2.75) is 39.8 Å². The first-order valence-electron chi connectivity index (χ1n) is 10.9. The van der Waals surface area contributed by atoms with E-state index in [4.69, 9.17) is 21.3 Å². The van der Waals surface area contributed by atoms with E-state index in [1.165, 1.54) is 0 Å². The molecular formula is C23H33ClN4O3. The highest BCUT2D eigenvalue weighted by Gasteiger charge is 2.35. The topological polar surface area (TPSA) is 67.7 Å². The van der Waals surface area contributed by atoms with E-state index in [2.05, 4.69) is 11.8 Å². The fourth-order valence-electron chi connectivity index (χ4n) is 4.16. The first-order chi connectivity index (χ1) is 14.8. The second-order valence-corrected chi connectivity index (χ2v) is 8.97. The first kappa shape index (κ1) is 23.7. The van der Waals surface area contributed by atoms with Gasteiger partial charge < -0.3 is 9.64 Å². The average molecular weight is 449 g/mol. The third-order valence-corrected chi connectivity index (χ3v) is 6.72. The summed E-state index contributed by atoms with van der Waals surface area (Å²) in [4.78, 5) is 35.1. The highest BCUT2D eigenvalue weighted by molar-refractivity contribution is 6.19. The van der Waals surface area contributed by atoms with E-state index >= 15 is 0 Å². The molecule has 2 aromatic rings. The van der Waals surface area contributed by atoms with E-state index in [0.29, 0.717) is 43.0 Å². The molecule has 1 saturated heterocycles. The number of ether oxygens (including phenoxy) is 1. The summed E-state index contributed by atoms with van der Waals surface area (Å²) in [5, 5.41) is 0.621. The van der Waals surface area contributed by atoms with Crippen LogP contribution in [0.5, 0.6) is 0 Å². The third-order valence-electron chi connectivity index (χ3n) is 6.05. The fourth-order valence-corrected chi connectivity index (χ4v) is 4.28. The molecule has 1 aliphatic rings. The van der Waals surface area contributed by atoms with Gasteiger partial charge in [0.1, 0.15) is 5.82 Å². The maximum Gasteiger partial charge on any atom is 0.261 e. The molecule has 170 valence electrons. The van der Waals surface area contributed by atoms with Crippen molar-refractivity contribution < 1.29 is 9.53 Å². The largest absolute Gasteiger partial charge is 0.383 e. The quantitative estimate of drug-likeness (QED) is 0.581. The number of carbonyl (C=O) groups is 1. The van der Waals surface area contributed by atoms with E-state index in [9.17, 15) is 9.59 Å². The lowest BCUT2D eigenvalue weighted by molar-refractivity contribution is -0.141. The molecule has 0 radical (unpaired) electrons. The zero-order valence-corrected chi connectivity index (χ0v) is 19.7. The molecule has 0 saturated carbocycles. The van der Waals surface area contributed by atoms with Crippen LogP contribution in [0.2, 0.25) is 0 Å². The van der Waals surface area contributed by atoms with Crippen molar-refractivity contribution in [2.24, 2.45) is 5.41 Å². The molecule has 0 bridgehead atoms. The molecule has 0 aliphatic carbocycles. The molecule has 1 fully saturated rings. The molecule has 1 aromatic carbocycles. The maximum absolute atomic E-state index is 13.2. The van der Waals surface area contributed by atoms with Gasteiger partial charge >= 0.3 is 0 Å². The van der Waals surface area contributed by atoms with Gasteiger partial charge in [0.15, 0.2) is 0 Å². The van der Waals surface area contributed by atoms with Crippen molar-refractivity contribution in [3.8, 4) is 0 Å². The Hall–Kier alpha value is -1.96. The average Bonchev–Trinajstić information content (AvgIpc) is 2.79. The number of aromatic nitrogens is 2. The third kappa shape index (κ3) is 4.94. The Morgan fingerprint density at radius 1 is 1.23 bits per heavy atom. The number of methoxy groups -OCH3 is 1. The number of para-hydroxylation sites is 1. The lowest BCUT2D eigenvalue weighted by Gasteiger charge is -2.41. The van der Waals surface area contributed by atoms with Gasteiger partial charge in [0.25, 0.3) is 5.56 Å². The molecule has 0 N–H and O–H groups in total. The van der Waals surface area contributed by atoms with Crippen LogP contribution in [0.3, 0.4) is 0 Å². The second-order valence-electron chi connectivity index (χ2n) is 8.71.